The highest BCUT2D eigenvalue weighted by Crippen LogP contribution is 2.12. The van der Waals surface area contributed by atoms with Crippen molar-refractivity contribution in [3.05, 3.63) is 23.5 Å². The van der Waals surface area contributed by atoms with Crippen molar-refractivity contribution in [3.63, 3.8) is 0 Å². The molecule has 0 aromatic heterocycles. The van der Waals surface area contributed by atoms with Gasteiger partial charge in [0.05, 0.1) is 10.4 Å². The summed E-state index contributed by atoms with van der Waals surface area (Å²) >= 11 is 0. The summed E-state index contributed by atoms with van der Waals surface area (Å²) < 4.78 is 20.8. The maximum Gasteiger partial charge on any atom is 0.233 e. The Hall–Kier alpha value is -1.36. The number of rotatable bonds is 1. The van der Waals surface area contributed by atoms with E-state index < -0.39 is 10.3 Å². The highest BCUT2D eigenvalue weighted by molar-refractivity contribution is 7.73. The molecule has 0 aromatic carbocycles. The Morgan fingerprint density at radius 2 is 2.08 bits per heavy atom. The lowest BCUT2D eigenvalue weighted by Gasteiger charge is -2.03. The van der Waals surface area contributed by atoms with Crippen molar-refractivity contribution in [1.82, 2.24) is 0 Å². The fourth-order valence-corrected chi connectivity index (χ4v) is 1.24. The van der Waals surface area contributed by atoms with Crippen molar-refractivity contribution in [2.24, 2.45) is 0 Å². The SMILES string of the molecule is O=[C]C1=C(O)C=CC(=S(=O)=O)C1. The van der Waals surface area contributed by atoms with Gasteiger partial charge in [-0.1, -0.05) is 0 Å². The Labute approximate surface area is 70.4 Å². The first-order valence-electron chi connectivity index (χ1n) is 3.08. The van der Waals surface area contributed by atoms with Crippen molar-refractivity contribution in [2.75, 3.05) is 0 Å². The predicted molar refractivity (Wildman–Crippen MR) is 43.0 cm³/mol. The highest BCUT2D eigenvalue weighted by Gasteiger charge is 2.12. The second-order valence-electron chi connectivity index (χ2n) is 2.18. The van der Waals surface area contributed by atoms with E-state index in [0.29, 0.717) is 0 Å². The number of carbonyl (C=O) groups excluding carboxylic acids is 1. The molecule has 1 rings (SSSR count). The Morgan fingerprint density at radius 1 is 1.42 bits per heavy atom. The van der Waals surface area contributed by atoms with Crippen molar-refractivity contribution in [1.29, 1.82) is 0 Å². The van der Waals surface area contributed by atoms with Crippen molar-refractivity contribution in [3.8, 4) is 0 Å². The molecule has 5 heteroatoms. The zero-order chi connectivity index (χ0) is 9.14. The van der Waals surface area contributed by atoms with Gasteiger partial charge in [-0.05, 0) is 12.2 Å². The van der Waals surface area contributed by atoms with E-state index in [0.717, 1.165) is 6.08 Å². The normalized spacial score (nSPS) is 16.5. The highest BCUT2D eigenvalue weighted by atomic mass is 32.2. The number of aliphatic hydroxyl groups is 1. The Bertz CT molecular complexity index is 389. The van der Waals surface area contributed by atoms with Crippen molar-refractivity contribution < 1.29 is 18.3 Å². The zero-order valence-electron chi connectivity index (χ0n) is 5.94. The predicted octanol–water partition coefficient (Wildman–Crippen LogP) is -0.0804. The molecule has 1 N–H and O–H groups in total. The van der Waals surface area contributed by atoms with Crippen molar-refractivity contribution in [2.45, 2.75) is 6.42 Å². The fourth-order valence-electron chi connectivity index (χ4n) is 0.799. The van der Waals surface area contributed by atoms with Crippen LogP contribution in [0.4, 0.5) is 0 Å². The molecule has 0 unspecified atom stereocenters. The van der Waals surface area contributed by atoms with Crippen LogP contribution in [0.2, 0.25) is 0 Å². The van der Waals surface area contributed by atoms with E-state index in [9.17, 15) is 13.2 Å². The number of hydrogen-bond acceptors (Lipinski definition) is 4. The van der Waals surface area contributed by atoms with Gasteiger partial charge >= 0.3 is 0 Å². The summed E-state index contributed by atoms with van der Waals surface area (Å²) in [5, 5.41) is 8.98. The minimum absolute atomic E-state index is 0.0308. The largest absolute Gasteiger partial charge is 0.508 e. The third kappa shape index (κ3) is 1.62. The lowest BCUT2D eigenvalue weighted by molar-refractivity contribution is 0.425. The number of allylic oxidation sites excluding steroid dienone is 3. The molecule has 63 valence electrons. The second kappa shape index (κ2) is 3.36. The summed E-state index contributed by atoms with van der Waals surface area (Å²) in [6.07, 6.45) is 3.80. The molecule has 0 heterocycles. The lowest BCUT2D eigenvalue weighted by Crippen LogP contribution is -2.06. The van der Waals surface area contributed by atoms with E-state index in [1.165, 1.54) is 12.4 Å². The van der Waals surface area contributed by atoms with E-state index in [1.807, 2.05) is 0 Å². The van der Waals surface area contributed by atoms with Gasteiger partial charge in [0.2, 0.25) is 16.6 Å². The summed E-state index contributed by atoms with van der Waals surface area (Å²) in [5.41, 5.74) is -0.0308. The van der Waals surface area contributed by atoms with E-state index in [2.05, 4.69) is 0 Å². The molecule has 1 aliphatic rings. The van der Waals surface area contributed by atoms with Crippen LogP contribution in [0.1, 0.15) is 6.42 Å². The van der Waals surface area contributed by atoms with Gasteiger partial charge in [-0.15, -0.1) is 0 Å². The van der Waals surface area contributed by atoms with Crippen LogP contribution in [0.25, 0.3) is 0 Å². The fraction of sp³-hybridized carbons (Fsp3) is 0.143. The lowest BCUT2D eigenvalue weighted by atomic mass is 10.1. The average molecular weight is 185 g/mol. The monoisotopic (exact) mass is 185 g/mol. The summed E-state index contributed by atoms with van der Waals surface area (Å²) in [4.78, 5) is 10.2. The first-order chi connectivity index (χ1) is 5.65. The van der Waals surface area contributed by atoms with Crippen LogP contribution in [0, 0.1) is 0 Å². The van der Waals surface area contributed by atoms with Gasteiger partial charge in [-0.3, -0.25) is 4.79 Å². The van der Waals surface area contributed by atoms with Crippen LogP contribution in [-0.2, 0) is 15.1 Å². The molecule has 12 heavy (non-hydrogen) atoms. The molecule has 4 nitrogen and oxygen atoms in total. The maximum absolute atomic E-state index is 10.4. The van der Waals surface area contributed by atoms with Gasteiger partial charge in [-0.2, -0.15) is 8.42 Å². The molecule has 0 aromatic rings. The van der Waals surface area contributed by atoms with Gasteiger partial charge in [0.25, 0.3) is 0 Å². The molecule has 1 radical (unpaired) electrons. The maximum atomic E-state index is 10.4. The summed E-state index contributed by atoms with van der Waals surface area (Å²) in [7, 11) is -2.33. The number of hydrogen-bond donors (Lipinski definition) is 1. The van der Waals surface area contributed by atoms with Crippen LogP contribution in [0.5, 0.6) is 0 Å². The van der Waals surface area contributed by atoms with Gasteiger partial charge in [0.1, 0.15) is 5.76 Å². The molecule has 0 spiro atoms. The van der Waals surface area contributed by atoms with E-state index >= 15 is 0 Å². The van der Waals surface area contributed by atoms with Crippen LogP contribution < -0.4 is 0 Å². The van der Waals surface area contributed by atoms with E-state index in [1.54, 1.807) is 0 Å². The Balaban J connectivity index is 3.16. The molecular formula is C7H5O4S. The molecule has 0 saturated heterocycles. The molecular weight excluding hydrogens is 180 g/mol. The second-order valence-corrected chi connectivity index (χ2v) is 3.17. The van der Waals surface area contributed by atoms with E-state index in [4.69, 9.17) is 5.11 Å². The first kappa shape index (κ1) is 8.73. The minimum atomic E-state index is -2.33. The quantitative estimate of drug-likeness (QED) is 0.580. The zero-order valence-corrected chi connectivity index (χ0v) is 6.76. The van der Waals surface area contributed by atoms with Crippen LogP contribution in [0.15, 0.2) is 23.5 Å². The first-order valence-corrected chi connectivity index (χ1v) is 4.16. The minimum Gasteiger partial charge on any atom is -0.508 e. The molecule has 0 amide bonds. The van der Waals surface area contributed by atoms with Crippen molar-refractivity contribution >= 4 is 21.4 Å². The average Bonchev–Trinajstić information content (AvgIpc) is 2.05. The molecule has 0 aliphatic heterocycles. The standard InChI is InChI=1S/C7H5O4S/c8-4-5-3-6(12(10)11)1-2-7(5)9/h1-2,9H,3H2. The number of aliphatic hydroxyl groups excluding tert-OH is 1. The third-order valence-electron chi connectivity index (χ3n) is 1.42. The van der Waals surface area contributed by atoms with Gasteiger partial charge in [-0.25, -0.2) is 0 Å². The molecule has 1 aliphatic carbocycles. The van der Waals surface area contributed by atoms with Gasteiger partial charge in [0.15, 0.2) is 0 Å². The van der Waals surface area contributed by atoms with Gasteiger partial charge in [0, 0.05) is 6.42 Å². The van der Waals surface area contributed by atoms with Gasteiger partial charge < -0.3 is 5.11 Å². The molecule has 0 fully saturated rings. The third-order valence-corrected chi connectivity index (χ3v) is 2.13. The van der Waals surface area contributed by atoms with E-state index in [-0.39, 0.29) is 22.6 Å². The molecule has 0 atom stereocenters. The molecule has 0 saturated carbocycles. The Morgan fingerprint density at radius 3 is 2.58 bits per heavy atom. The van der Waals surface area contributed by atoms with Crippen LogP contribution in [-0.4, -0.2) is 24.7 Å². The molecule has 0 bridgehead atoms. The smallest absolute Gasteiger partial charge is 0.233 e. The summed E-state index contributed by atoms with van der Waals surface area (Å²) in [6.45, 7) is 0. The summed E-state index contributed by atoms with van der Waals surface area (Å²) in [6, 6.07) is 0. The van der Waals surface area contributed by atoms with Crippen LogP contribution in [0.3, 0.4) is 0 Å². The topological polar surface area (TPSA) is 71.4 Å². The summed E-state index contributed by atoms with van der Waals surface area (Å²) in [5.74, 6) is -0.223. The Kier molecular flexibility index (Phi) is 2.44. The van der Waals surface area contributed by atoms with Crippen LogP contribution >= 0.6 is 0 Å².